The molecule has 1 unspecified atom stereocenters. The van der Waals surface area contributed by atoms with Gasteiger partial charge in [-0.05, 0) is 77.0 Å². The molecule has 2 fully saturated rings. The van der Waals surface area contributed by atoms with Crippen LogP contribution in [0.5, 0.6) is 0 Å². The fraction of sp³-hybridized carbons (Fsp3) is 1.00. The molecule has 2 aliphatic heterocycles. The minimum absolute atomic E-state index is 0.548. The van der Waals surface area contributed by atoms with Crippen LogP contribution in [-0.4, -0.2) is 38.9 Å². The van der Waals surface area contributed by atoms with Crippen LogP contribution >= 0.6 is 0 Å². The van der Waals surface area contributed by atoms with Gasteiger partial charge in [0.15, 0.2) is 0 Å². The van der Waals surface area contributed by atoms with Crippen molar-refractivity contribution in [2.24, 2.45) is 5.92 Å². The Balaban J connectivity index is 1.38. The highest BCUT2D eigenvalue weighted by atomic mass is 16.5. The lowest BCUT2D eigenvalue weighted by atomic mass is 9.93. The van der Waals surface area contributed by atoms with Crippen molar-refractivity contribution in [3.63, 3.8) is 0 Å². The van der Waals surface area contributed by atoms with Crippen LogP contribution < -0.4 is 10.6 Å². The van der Waals surface area contributed by atoms with Gasteiger partial charge in [-0.15, -0.1) is 0 Å². The molecule has 2 aliphatic rings. The van der Waals surface area contributed by atoms with Gasteiger partial charge in [-0.2, -0.15) is 0 Å². The smallest absolute Gasteiger partial charge is 0.0588 e. The van der Waals surface area contributed by atoms with Gasteiger partial charge in [-0.3, -0.25) is 0 Å². The zero-order valence-corrected chi connectivity index (χ0v) is 11.0. The van der Waals surface area contributed by atoms with Gasteiger partial charge < -0.3 is 15.4 Å². The highest BCUT2D eigenvalue weighted by Gasteiger charge is 2.14. The first-order valence-corrected chi connectivity index (χ1v) is 7.48. The zero-order chi connectivity index (χ0) is 11.8. The van der Waals surface area contributed by atoms with Crippen molar-refractivity contribution in [2.75, 3.05) is 32.8 Å². The van der Waals surface area contributed by atoms with E-state index in [2.05, 4.69) is 10.6 Å². The third kappa shape index (κ3) is 5.36. The minimum atomic E-state index is 0.548. The molecule has 0 spiro atoms. The van der Waals surface area contributed by atoms with Gasteiger partial charge in [0.2, 0.25) is 0 Å². The molecule has 0 aromatic heterocycles. The van der Waals surface area contributed by atoms with Gasteiger partial charge >= 0.3 is 0 Å². The normalized spacial score (nSPS) is 26.5. The summed E-state index contributed by atoms with van der Waals surface area (Å²) in [7, 11) is 0. The van der Waals surface area contributed by atoms with E-state index in [1.54, 1.807) is 0 Å². The first kappa shape index (κ1) is 13.3. The summed E-state index contributed by atoms with van der Waals surface area (Å²) >= 11 is 0. The topological polar surface area (TPSA) is 33.3 Å². The Hall–Kier alpha value is -0.120. The van der Waals surface area contributed by atoms with Crippen molar-refractivity contribution >= 4 is 0 Å². The molecule has 0 aromatic rings. The summed E-state index contributed by atoms with van der Waals surface area (Å²) in [6.45, 7) is 5.78. The lowest BCUT2D eigenvalue weighted by Crippen LogP contribution is -2.28. The molecule has 1 atom stereocenters. The van der Waals surface area contributed by atoms with Crippen LogP contribution in [-0.2, 0) is 4.74 Å². The Morgan fingerprint density at radius 2 is 1.94 bits per heavy atom. The molecule has 3 nitrogen and oxygen atoms in total. The highest BCUT2D eigenvalue weighted by Crippen LogP contribution is 2.17. The first-order chi connectivity index (χ1) is 8.45. The van der Waals surface area contributed by atoms with Gasteiger partial charge in [-0.1, -0.05) is 0 Å². The summed E-state index contributed by atoms with van der Waals surface area (Å²) < 4.78 is 5.61. The minimum Gasteiger partial charge on any atom is -0.378 e. The summed E-state index contributed by atoms with van der Waals surface area (Å²) in [5.41, 5.74) is 0. The number of rotatable bonds is 7. The van der Waals surface area contributed by atoms with Crippen LogP contribution in [0.2, 0.25) is 0 Å². The molecule has 2 rings (SSSR count). The van der Waals surface area contributed by atoms with E-state index < -0.39 is 0 Å². The molecular formula is C14H28N2O. The highest BCUT2D eigenvalue weighted by molar-refractivity contribution is 4.69. The molecule has 0 aromatic carbocycles. The predicted octanol–water partition coefficient (Wildman–Crippen LogP) is 1.92. The Labute approximate surface area is 106 Å². The van der Waals surface area contributed by atoms with Gasteiger partial charge in [0, 0.05) is 6.61 Å². The Bertz CT molecular complexity index is 187. The van der Waals surface area contributed by atoms with E-state index in [9.17, 15) is 0 Å². The van der Waals surface area contributed by atoms with E-state index >= 15 is 0 Å². The third-order valence-corrected chi connectivity index (χ3v) is 4.09. The third-order valence-electron chi connectivity index (χ3n) is 4.09. The molecule has 3 heteroatoms. The van der Waals surface area contributed by atoms with Crippen molar-refractivity contribution in [2.45, 2.75) is 51.0 Å². The van der Waals surface area contributed by atoms with Crippen molar-refractivity contribution < 1.29 is 4.74 Å². The van der Waals surface area contributed by atoms with Crippen molar-refractivity contribution in [1.29, 1.82) is 0 Å². The van der Waals surface area contributed by atoms with Crippen LogP contribution in [0, 0.1) is 5.92 Å². The zero-order valence-electron chi connectivity index (χ0n) is 11.0. The molecule has 2 N–H and O–H groups in total. The molecule has 100 valence electrons. The molecule has 0 saturated carbocycles. The Morgan fingerprint density at radius 1 is 1.06 bits per heavy atom. The van der Waals surface area contributed by atoms with E-state index in [1.807, 2.05) is 0 Å². The fourth-order valence-corrected chi connectivity index (χ4v) is 2.95. The number of hydrogen-bond donors (Lipinski definition) is 2. The summed E-state index contributed by atoms with van der Waals surface area (Å²) in [4.78, 5) is 0. The second-order valence-corrected chi connectivity index (χ2v) is 5.51. The van der Waals surface area contributed by atoms with E-state index in [4.69, 9.17) is 4.74 Å². The quantitative estimate of drug-likeness (QED) is 0.667. The number of nitrogens with one attached hydrogen (secondary N) is 2. The van der Waals surface area contributed by atoms with Crippen LogP contribution in [0.25, 0.3) is 0 Å². The molecule has 0 radical (unpaired) electrons. The van der Waals surface area contributed by atoms with Gasteiger partial charge in [0.05, 0.1) is 6.10 Å². The largest absolute Gasteiger partial charge is 0.378 e. The van der Waals surface area contributed by atoms with Gasteiger partial charge in [0.1, 0.15) is 0 Å². The number of hydrogen-bond acceptors (Lipinski definition) is 3. The predicted molar refractivity (Wildman–Crippen MR) is 71.3 cm³/mol. The van der Waals surface area contributed by atoms with Gasteiger partial charge in [-0.25, -0.2) is 0 Å². The monoisotopic (exact) mass is 240 g/mol. The molecule has 0 bridgehead atoms. The molecular weight excluding hydrogens is 212 g/mol. The van der Waals surface area contributed by atoms with E-state index in [1.165, 1.54) is 64.6 Å². The molecule has 17 heavy (non-hydrogen) atoms. The molecule has 0 amide bonds. The van der Waals surface area contributed by atoms with Crippen molar-refractivity contribution in [3.8, 4) is 0 Å². The average Bonchev–Trinajstić information content (AvgIpc) is 2.88. The van der Waals surface area contributed by atoms with Crippen molar-refractivity contribution in [1.82, 2.24) is 10.6 Å². The Kier molecular flexibility index (Phi) is 6.32. The summed E-state index contributed by atoms with van der Waals surface area (Å²) in [5.74, 6) is 0.983. The molecule has 0 aliphatic carbocycles. The Morgan fingerprint density at radius 3 is 2.71 bits per heavy atom. The summed E-state index contributed by atoms with van der Waals surface area (Å²) in [6.07, 6.45) is 9.81. The average molecular weight is 240 g/mol. The van der Waals surface area contributed by atoms with Crippen LogP contribution in [0.1, 0.15) is 44.9 Å². The van der Waals surface area contributed by atoms with E-state index in [-0.39, 0.29) is 0 Å². The van der Waals surface area contributed by atoms with Crippen molar-refractivity contribution in [3.05, 3.63) is 0 Å². The maximum absolute atomic E-state index is 5.61. The number of piperidine rings is 1. The second-order valence-electron chi connectivity index (χ2n) is 5.51. The summed E-state index contributed by atoms with van der Waals surface area (Å²) in [6, 6.07) is 0. The molecule has 2 saturated heterocycles. The van der Waals surface area contributed by atoms with Gasteiger partial charge in [0.25, 0.3) is 0 Å². The van der Waals surface area contributed by atoms with Crippen LogP contribution in [0.15, 0.2) is 0 Å². The SMILES string of the molecule is C(CNCCC1CCCO1)CC1CCNCC1. The van der Waals surface area contributed by atoms with E-state index in [0.717, 1.165) is 19.1 Å². The lowest BCUT2D eigenvalue weighted by Gasteiger charge is -2.22. The maximum Gasteiger partial charge on any atom is 0.0588 e. The molecule has 2 heterocycles. The fourth-order valence-electron chi connectivity index (χ4n) is 2.95. The maximum atomic E-state index is 5.61. The van der Waals surface area contributed by atoms with Crippen LogP contribution in [0.3, 0.4) is 0 Å². The number of ether oxygens (including phenoxy) is 1. The lowest BCUT2D eigenvalue weighted by molar-refractivity contribution is 0.104. The summed E-state index contributed by atoms with van der Waals surface area (Å²) in [5, 5.41) is 6.98. The standard InChI is InChI=1S/C14H28N2O/c1(3-13-5-9-16-10-6-13)8-15-11-7-14-4-2-12-17-14/h13-16H,1-12H2. The van der Waals surface area contributed by atoms with E-state index in [0.29, 0.717) is 6.10 Å². The second kappa shape index (κ2) is 8.06. The van der Waals surface area contributed by atoms with Crippen LogP contribution in [0.4, 0.5) is 0 Å². The first-order valence-electron chi connectivity index (χ1n) is 7.48.